The normalized spacial score (nSPS) is 15.8. The lowest BCUT2D eigenvalue weighted by atomic mass is 10.1. The summed E-state index contributed by atoms with van der Waals surface area (Å²) in [6.45, 7) is 1.94. The van der Waals surface area contributed by atoms with E-state index in [2.05, 4.69) is 5.43 Å². The summed E-state index contributed by atoms with van der Waals surface area (Å²) in [5, 5.41) is 10.8. The van der Waals surface area contributed by atoms with Gasteiger partial charge >= 0.3 is 0 Å². The molecule has 1 heterocycles. The Morgan fingerprint density at radius 1 is 1.12 bits per heavy atom. The third-order valence-corrected chi connectivity index (χ3v) is 3.70. The maximum Gasteiger partial charge on any atom is 0.282 e. The zero-order valence-corrected chi connectivity index (χ0v) is 13.2. The Morgan fingerprint density at radius 3 is 2.50 bits per heavy atom. The van der Waals surface area contributed by atoms with Crippen LogP contribution in [0.3, 0.4) is 0 Å². The van der Waals surface area contributed by atoms with E-state index >= 15 is 0 Å². The van der Waals surface area contributed by atoms with Crippen LogP contribution in [0.2, 0.25) is 0 Å². The third-order valence-electron chi connectivity index (χ3n) is 3.70. The average Bonchev–Trinajstić information content (AvgIpc) is 2.85. The summed E-state index contributed by atoms with van der Waals surface area (Å²) in [6, 6.07) is 11.8. The van der Waals surface area contributed by atoms with Gasteiger partial charge in [-0.3, -0.25) is 15.0 Å². The molecule has 0 spiro atoms. The molecule has 1 aliphatic rings. The molecule has 0 aliphatic carbocycles. The summed E-state index contributed by atoms with van der Waals surface area (Å²) in [5.41, 5.74) is 4.79. The summed E-state index contributed by atoms with van der Waals surface area (Å²) in [7, 11) is 1.43. The van der Waals surface area contributed by atoms with Gasteiger partial charge in [-0.25, -0.2) is 5.01 Å². The molecule has 122 valence electrons. The first-order valence-electron chi connectivity index (χ1n) is 7.30. The van der Waals surface area contributed by atoms with Gasteiger partial charge in [-0.05, 0) is 42.8 Å². The van der Waals surface area contributed by atoms with E-state index < -0.39 is 11.8 Å². The number of phenols is 1. The van der Waals surface area contributed by atoms with Crippen molar-refractivity contribution < 1.29 is 19.4 Å². The van der Waals surface area contributed by atoms with Crippen molar-refractivity contribution in [2.75, 3.05) is 12.1 Å². The molecule has 2 amide bonds. The van der Waals surface area contributed by atoms with Gasteiger partial charge in [-0.15, -0.1) is 0 Å². The van der Waals surface area contributed by atoms with Crippen molar-refractivity contribution in [1.82, 2.24) is 5.43 Å². The molecule has 2 aromatic rings. The van der Waals surface area contributed by atoms with Crippen LogP contribution in [-0.2, 0) is 9.59 Å². The zero-order chi connectivity index (χ0) is 17.3. The quantitative estimate of drug-likeness (QED) is 0.670. The zero-order valence-electron chi connectivity index (χ0n) is 13.2. The number of methoxy groups -OCH3 is 1. The van der Waals surface area contributed by atoms with E-state index in [0.717, 1.165) is 5.56 Å². The predicted molar refractivity (Wildman–Crippen MR) is 89.4 cm³/mol. The van der Waals surface area contributed by atoms with Gasteiger partial charge in [-0.1, -0.05) is 23.8 Å². The molecule has 0 bridgehead atoms. The van der Waals surface area contributed by atoms with E-state index in [4.69, 9.17) is 4.74 Å². The lowest BCUT2D eigenvalue weighted by molar-refractivity contribution is -0.117. The van der Waals surface area contributed by atoms with Crippen molar-refractivity contribution >= 4 is 23.6 Å². The smallest absolute Gasteiger partial charge is 0.282 e. The van der Waals surface area contributed by atoms with Crippen LogP contribution < -0.4 is 15.2 Å². The van der Waals surface area contributed by atoms with Gasteiger partial charge in [0.05, 0.1) is 12.8 Å². The Labute approximate surface area is 138 Å². The summed E-state index contributed by atoms with van der Waals surface area (Å²) < 4.78 is 5.03. The van der Waals surface area contributed by atoms with E-state index in [-0.39, 0.29) is 17.1 Å². The predicted octanol–water partition coefficient (Wildman–Crippen LogP) is 2.17. The Bertz CT molecular complexity index is 841. The van der Waals surface area contributed by atoms with Gasteiger partial charge in [0.1, 0.15) is 5.57 Å². The topological polar surface area (TPSA) is 78.9 Å². The fourth-order valence-corrected chi connectivity index (χ4v) is 2.38. The number of carbonyl (C=O) groups excluding carboxylic acids is 2. The first-order valence-corrected chi connectivity index (χ1v) is 7.30. The lowest BCUT2D eigenvalue weighted by Crippen LogP contribution is -2.35. The highest BCUT2D eigenvalue weighted by Crippen LogP contribution is 2.28. The Balaban J connectivity index is 1.93. The Morgan fingerprint density at radius 2 is 1.83 bits per heavy atom. The number of nitrogens with one attached hydrogen (secondary N) is 1. The van der Waals surface area contributed by atoms with Crippen LogP contribution in [0.25, 0.3) is 6.08 Å². The van der Waals surface area contributed by atoms with Crippen molar-refractivity contribution in [2.24, 2.45) is 0 Å². The van der Waals surface area contributed by atoms with E-state index in [9.17, 15) is 14.7 Å². The fourth-order valence-electron chi connectivity index (χ4n) is 2.38. The second kappa shape index (κ2) is 6.08. The standard InChI is InChI=1S/C18H16N2O4/c1-11-3-6-13(7-4-11)20-18(23)14(17(22)19-20)9-12-5-8-15(21)16(10-12)24-2/h3-10,21H,1-2H3,(H,19,22)/b14-9-. The fraction of sp³-hybridized carbons (Fsp3) is 0.111. The van der Waals surface area contributed by atoms with Gasteiger partial charge in [0.15, 0.2) is 11.5 Å². The molecule has 1 fully saturated rings. The van der Waals surface area contributed by atoms with Crippen LogP contribution in [-0.4, -0.2) is 24.0 Å². The monoisotopic (exact) mass is 324 g/mol. The number of nitrogens with zero attached hydrogens (tertiary/aromatic N) is 1. The number of anilines is 1. The van der Waals surface area contributed by atoms with Gasteiger partial charge in [0, 0.05) is 0 Å². The number of hydrazine groups is 1. The maximum atomic E-state index is 12.5. The van der Waals surface area contributed by atoms with Crippen LogP contribution >= 0.6 is 0 Å². The Hall–Kier alpha value is -3.28. The number of aryl methyl sites for hydroxylation is 1. The van der Waals surface area contributed by atoms with Crippen molar-refractivity contribution in [2.45, 2.75) is 6.92 Å². The number of carbonyl (C=O) groups is 2. The molecule has 0 saturated carbocycles. The molecule has 0 aromatic heterocycles. The number of hydrogen-bond donors (Lipinski definition) is 2. The van der Waals surface area contributed by atoms with Crippen molar-refractivity contribution in [3.05, 3.63) is 59.2 Å². The second-order valence-electron chi connectivity index (χ2n) is 5.41. The molecule has 2 N–H and O–H groups in total. The molecule has 6 nitrogen and oxygen atoms in total. The van der Waals surface area contributed by atoms with E-state index in [1.54, 1.807) is 24.3 Å². The molecule has 0 atom stereocenters. The molecule has 6 heteroatoms. The number of hydrogen-bond acceptors (Lipinski definition) is 4. The SMILES string of the molecule is COc1cc(/C=C2/C(=O)NN(c3ccc(C)cc3)C2=O)ccc1O. The van der Waals surface area contributed by atoms with Crippen LogP contribution in [0.15, 0.2) is 48.0 Å². The molecule has 1 saturated heterocycles. The van der Waals surface area contributed by atoms with E-state index in [1.807, 2.05) is 19.1 Å². The number of aromatic hydroxyl groups is 1. The number of phenolic OH excluding ortho intramolecular Hbond substituents is 1. The van der Waals surface area contributed by atoms with Crippen LogP contribution in [0.1, 0.15) is 11.1 Å². The summed E-state index contributed by atoms with van der Waals surface area (Å²) in [6.07, 6.45) is 1.47. The van der Waals surface area contributed by atoms with E-state index in [0.29, 0.717) is 11.3 Å². The maximum absolute atomic E-state index is 12.5. The van der Waals surface area contributed by atoms with Crippen LogP contribution in [0.5, 0.6) is 11.5 Å². The summed E-state index contributed by atoms with van der Waals surface area (Å²) >= 11 is 0. The minimum Gasteiger partial charge on any atom is -0.504 e. The highest BCUT2D eigenvalue weighted by atomic mass is 16.5. The van der Waals surface area contributed by atoms with E-state index in [1.165, 1.54) is 24.3 Å². The van der Waals surface area contributed by atoms with Gasteiger partial charge < -0.3 is 9.84 Å². The molecular formula is C18H16N2O4. The van der Waals surface area contributed by atoms with Crippen LogP contribution in [0, 0.1) is 6.92 Å². The molecule has 3 rings (SSSR count). The van der Waals surface area contributed by atoms with Crippen molar-refractivity contribution in [3.8, 4) is 11.5 Å². The van der Waals surface area contributed by atoms with Crippen molar-refractivity contribution in [3.63, 3.8) is 0 Å². The molecular weight excluding hydrogens is 308 g/mol. The highest BCUT2D eigenvalue weighted by molar-refractivity contribution is 6.31. The molecule has 2 aromatic carbocycles. The number of amides is 2. The first-order chi connectivity index (χ1) is 11.5. The molecule has 24 heavy (non-hydrogen) atoms. The number of benzene rings is 2. The second-order valence-corrected chi connectivity index (χ2v) is 5.41. The van der Waals surface area contributed by atoms with Crippen molar-refractivity contribution in [1.29, 1.82) is 0 Å². The molecule has 1 aliphatic heterocycles. The Kier molecular flexibility index (Phi) is 3.95. The van der Waals surface area contributed by atoms with Crippen LogP contribution in [0.4, 0.5) is 5.69 Å². The largest absolute Gasteiger partial charge is 0.504 e. The number of ether oxygens (including phenoxy) is 1. The minimum atomic E-state index is -0.479. The summed E-state index contributed by atoms with van der Waals surface area (Å²) in [5.74, 6) is -0.655. The summed E-state index contributed by atoms with van der Waals surface area (Å²) in [4.78, 5) is 24.7. The minimum absolute atomic E-state index is 0.0110. The number of rotatable bonds is 3. The third kappa shape index (κ3) is 2.81. The molecule has 0 unspecified atom stereocenters. The average molecular weight is 324 g/mol. The van der Waals surface area contributed by atoms with Gasteiger partial charge in [0.25, 0.3) is 11.8 Å². The van der Waals surface area contributed by atoms with Gasteiger partial charge in [0.2, 0.25) is 0 Å². The van der Waals surface area contributed by atoms with Gasteiger partial charge in [-0.2, -0.15) is 0 Å². The molecule has 0 radical (unpaired) electrons. The highest BCUT2D eigenvalue weighted by Gasteiger charge is 2.34. The first kappa shape index (κ1) is 15.6. The lowest BCUT2D eigenvalue weighted by Gasteiger charge is -2.14.